The highest BCUT2D eigenvalue weighted by atomic mass is 35.5. The van der Waals surface area contributed by atoms with Crippen molar-refractivity contribution in [3.8, 4) is 0 Å². The highest BCUT2D eigenvalue weighted by molar-refractivity contribution is 6.34. The summed E-state index contributed by atoms with van der Waals surface area (Å²) < 4.78 is 0. The molecule has 2 aromatic heterocycles. The number of hydrogen-bond donors (Lipinski definition) is 0. The van der Waals surface area contributed by atoms with Crippen molar-refractivity contribution in [2.45, 2.75) is 19.8 Å². The first-order valence-electron chi connectivity index (χ1n) is 6.21. The van der Waals surface area contributed by atoms with Crippen LogP contribution in [0.1, 0.15) is 36.1 Å². The Hall–Kier alpha value is -2.01. The second-order valence-corrected chi connectivity index (χ2v) is 5.06. The molecule has 0 saturated heterocycles. The second-order valence-electron chi connectivity index (χ2n) is 4.65. The summed E-state index contributed by atoms with van der Waals surface area (Å²) in [5.41, 5.74) is 0.884. The predicted octanol–water partition coefficient (Wildman–Crippen LogP) is 2.93. The van der Waals surface area contributed by atoms with E-state index in [9.17, 15) is 4.79 Å². The Bertz CT molecular complexity index is 616. The number of nitrogens with zero attached hydrogens (tertiary/aromatic N) is 4. The van der Waals surface area contributed by atoms with Gasteiger partial charge in [0.05, 0.1) is 23.1 Å². The maximum absolute atomic E-state index is 12.5. The van der Waals surface area contributed by atoms with Gasteiger partial charge in [0.15, 0.2) is 5.69 Å². The maximum atomic E-state index is 12.5. The number of anilines is 1. The molecular formula is C14H15ClN4O. The van der Waals surface area contributed by atoms with E-state index in [1.165, 1.54) is 11.1 Å². The van der Waals surface area contributed by atoms with Gasteiger partial charge in [0.1, 0.15) is 5.82 Å². The average molecular weight is 291 g/mol. The fraction of sp³-hybridized carbons (Fsp3) is 0.286. The minimum atomic E-state index is -0.285. The number of rotatable bonds is 3. The van der Waals surface area contributed by atoms with Gasteiger partial charge < -0.3 is 4.90 Å². The zero-order valence-electron chi connectivity index (χ0n) is 11.5. The van der Waals surface area contributed by atoms with E-state index < -0.39 is 0 Å². The van der Waals surface area contributed by atoms with Gasteiger partial charge >= 0.3 is 0 Å². The molecule has 5 nitrogen and oxygen atoms in total. The van der Waals surface area contributed by atoms with E-state index in [-0.39, 0.29) is 22.5 Å². The summed E-state index contributed by atoms with van der Waals surface area (Å²) in [4.78, 5) is 26.3. The van der Waals surface area contributed by atoms with Gasteiger partial charge in [-0.3, -0.25) is 9.78 Å². The van der Waals surface area contributed by atoms with Crippen LogP contribution in [0.4, 0.5) is 5.69 Å². The highest BCUT2D eigenvalue weighted by Gasteiger charge is 2.20. The first-order chi connectivity index (χ1) is 9.50. The van der Waals surface area contributed by atoms with Crippen LogP contribution in [0.5, 0.6) is 0 Å². The molecule has 0 unspecified atom stereocenters. The number of carbonyl (C=O) groups is 1. The van der Waals surface area contributed by atoms with E-state index >= 15 is 0 Å². The van der Waals surface area contributed by atoms with Crippen molar-refractivity contribution in [1.82, 2.24) is 15.0 Å². The zero-order chi connectivity index (χ0) is 14.7. The molecule has 2 aromatic rings. The van der Waals surface area contributed by atoms with E-state index in [0.29, 0.717) is 11.5 Å². The van der Waals surface area contributed by atoms with E-state index in [2.05, 4.69) is 15.0 Å². The van der Waals surface area contributed by atoms with Crippen molar-refractivity contribution in [3.63, 3.8) is 0 Å². The smallest absolute Gasteiger partial charge is 0.278 e. The standard InChI is InChI=1S/C14H15ClN4O/c1-9(2)13-17-8-11(15)12(18-13)14(20)19(3)10-5-4-6-16-7-10/h4-9H,1-3H3. The molecule has 2 rings (SSSR count). The van der Waals surface area contributed by atoms with Crippen LogP contribution in [-0.4, -0.2) is 27.9 Å². The van der Waals surface area contributed by atoms with Crippen LogP contribution < -0.4 is 4.90 Å². The molecule has 0 aromatic carbocycles. The molecule has 6 heteroatoms. The van der Waals surface area contributed by atoms with Crippen molar-refractivity contribution in [1.29, 1.82) is 0 Å². The van der Waals surface area contributed by atoms with Gasteiger partial charge in [-0.05, 0) is 12.1 Å². The summed E-state index contributed by atoms with van der Waals surface area (Å²) >= 11 is 6.04. The van der Waals surface area contributed by atoms with Crippen LogP contribution in [-0.2, 0) is 0 Å². The highest BCUT2D eigenvalue weighted by Crippen LogP contribution is 2.20. The monoisotopic (exact) mass is 290 g/mol. The third-order valence-corrected chi connectivity index (χ3v) is 3.10. The van der Waals surface area contributed by atoms with Crippen molar-refractivity contribution in [2.24, 2.45) is 0 Å². The first-order valence-corrected chi connectivity index (χ1v) is 6.59. The van der Waals surface area contributed by atoms with Crippen molar-refractivity contribution >= 4 is 23.2 Å². The van der Waals surface area contributed by atoms with Gasteiger partial charge in [0.25, 0.3) is 5.91 Å². The van der Waals surface area contributed by atoms with E-state index in [1.807, 2.05) is 13.8 Å². The number of halogens is 1. The SMILES string of the molecule is CC(C)c1ncc(Cl)c(C(=O)N(C)c2cccnc2)n1. The molecule has 20 heavy (non-hydrogen) atoms. The van der Waals surface area contributed by atoms with Crippen molar-refractivity contribution in [2.75, 3.05) is 11.9 Å². The molecule has 1 amide bonds. The zero-order valence-corrected chi connectivity index (χ0v) is 12.3. The second kappa shape index (κ2) is 5.96. The third kappa shape index (κ3) is 2.93. The van der Waals surface area contributed by atoms with Crippen molar-refractivity contribution in [3.05, 3.63) is 47.3 Å². The largest absolute Gasteiger partial charge is 0.309 e. The number of pyridine rings is 1. The van der Waals surface area contributed by atoms with Gasteiger partial charge in [-0.2, -0.15) is 0 Å². The summed E-state index contributed by atoms with van der Waals surface area (Å²) in [5.74, 6) is 0.437. The first kappa shape index (κ1) is 14.4. The van der Waals surface area contributed by atoms with Crippen LogP contribution in [0.2, 0.25) is 5.02 Å². The van der Waals surface area contributed by atoms with Crippen LogP contribution in [0, 0.1) is 0 Å². The van der Waals surface area contributed by atoms with Crippen LogP contribution in [0.3, 0.4) is 0 Å². The molecule has 0 fully saturated rings. The Balaban J connectivity index is 2.36. The van der Waals surface area contributed by atoms with E-state index in [4.69, 9.17) is 11.6 Å². The Morgan fingerprint density at radius 2 is 2.10 bits per heavy atom. The molecular weight excluding hydrogens is 276 g/mol. The Morgan fingerprint density at radius 3 is 2.70 bits per heavy atom. The van der Waals surface area contributed by atoms with Crippen LogP contribution >= 0.6 is 11.6 Å². The van der Waals surface area contributed by atoms with Gasteiger partial charge in [0.2, 0.25) is 0 Å². The van der Waals surface area contributed by atoms with Crippen LogP contribution in [0.25, 0.3) is 0 Å². The van der Waals surface area contributed by atoms with Gasteiger partial charge in [-0.15, -0.1) is 0 Å². The van der Waals surface area contributed by atoms with Gasteiger partial charge in [0, 0.05) is 19.2 Å². The molecule has 104 valence electrons. The number of amides is 1. The van der Waals surface area contributed by atoms with Crippen LogP contribution in [0.15, 0.2) is 30.7 Å². The number of aromatic nitrogens is 3. The molecule has 0 radical (unpaired) electrons. The summed E-state index contributed by atoms with van der Waals surface area (Å²) in [6, 6.07) is 3.56. The quantitative estimate of drug-likeness (QED) is 0.872. The molecule has 0 aliphatic heterocycles. The lowest BCUT2D eigenvalue weighted by Gasteiger charge is -2.17. The molecule has 0 N–H and O–H groups in total. The van der Waals surface area contributed by atoms with Gasteiger partial charge in [-0.1, -0.05) is 25.4 Å². The summed E-state index contributed by atoms with van der Waals surface area (Å²) in [6.07, 6.45) is 4.72. The summed E-state index contributed by atoms with van der Waals surface area (Å²) in [7, 11) is 1.66. The summed E-state index contributed by atoms with van der Waals surface area (Å²) in [6.45, 7) is 3.92. The molecule has 0 aliphatic rings. The third-order valence-electron chi connectivity index (χ3n) is 2.82. The lowest BCUT2D eigenvalue weighted by Crippen LogP contribution is -2.28. The minimum absolute atomic E-state index is 0.127. The minimum Gasteiger partial charge on any atom is -0.309 e. The van der Waals surface area contributed by atoms with Crippen molar-refractivity contribution < 1.29 is 4.79 Å². The number of carbonyl (C=O) groups excluding carboxylic acids is 1. The Labute approximate surface area is 122 Å². The Kier molecular flexibility index (Phi) is 4.29. The fourth-order valence-electron chi connectivity index (χ4n) is 1.64. The molecule has 2 heterocycles. The maximum Gasteiger partial charge on any atom is 0.278 e. The topological polar surface area (TPSA) is 59.0 Å². The molecule has 0 atom stereocenters. The van der Waals surface area contributed by atoms with Gasteiger partial charge in [-0.25, -0.2) is 9.97 Å². The lowest BCUT2D eigenvalue weighted by molar-refractivity contribution is 0.0988. The summed E-state index contributed by atoms with van der Waals surface area (Å²) in [5, 5.41) is 0.246. The Morgan fingerprint density at radius 1 is 1.35 bits per heavy atom. The molecule has 0 bridgehead atoms. The number of hydrogen-bond acceptors (Lipinski definition) is 4. The van der Waals surface area contributed by atoms with E-state index in [1.54, 1.807) is 31.6 Å². The predicted molar refractivity (Wildman–Crippen MR) is 78.1 cm³/mol. The average Bonchev–Trinajstić information content (AvgIpc) is 2.47. The molecule has 0 aliphatic carbocycles. The van der Waals surface area contributed by atoms with E-state index in [0.717, 1.165) is 0 Å². The molecule has 0 saturated carbocycles. The normalized spacial score (nSPS) is 10.7. The lowest BCUT2D eigenvalue weighted by atomic mass is 10.2. The molecule has 0 spiro atoms. The fourth-order valence-corrected chi connectivity index (χ4v) is 1.81.